The summed E-state index contributed by atoms with van der Waals surface area (Å²) in [7, 11) is 0. The van der Waals surface area contributed by atoms with Gasteiger partial charge in [-0.3, -0.25) is 4.98 Å². The normalized spacial score (nSPS) is 11.4. The third-order valence-electron chi connectivity index (χ3n) is 2.89. The van der Waals surface area contributed by atoms with E-state index in [0.29, 0.717) is 11.5 Å². The third-order valence-corrected chi connectivity index (χ3v) is 2.89. The highest BCUT2D eigenvalue weighted by molar-refractivity contribution is 5.84. The lowest BCUT2D eigenvalue weighted by molar-refractivity contribution is -0.274. The Morgan fingerprint density at radius 1 is 0.818 bits per heavy atom. The van der Waals surface area contributed by atoms with Crippen molar-refractivity contribution in [3.63, 3.8) is 0 Å². The third kappa shape index (κ3) is 3.28. The largest absolute Gasteiger partial charge is 0.573 e. The maximum absolute atomic E-state index is 12.1. The summed E-state index contributed by atoms with van der Waals surface area (Å²) in [6.07, 6.45) is -3.09. The van der Waals surface area contributed by atoms with Crippen molar-refractivity contribution in [3.8, 4) is 17.2 Å². The molecule has 3 nitrogen and oxygen atoms in total. The molecule has 0 saturated heterocycles. The van der Waals surface area contributed by atoms with Crippen LogP contribution in [0.5, 0.6) is 17.2 Å². The molecule has 0 radical (unpaired) electrons. The molecule has 0 spiro atoms. The number of benzene rings is 2. The smallest absolute Gasteiger partial charge is 0.457 e. The molecule has 0 atom stereocenters. The van der Waals surface area contributed by atoms with Crippen LogP contribution >= 0.6 is 0 Å². The predicted octanol–water partition coefficient (Wildman–Crippen LogP) is 4.93. The Bertz CT molecular complexity index is 780. The lowest BCUT2D eigenvalue weighted by atomic mass is 10.2. The second-order valence-electron chi connectivity index (χ2n) is 4.45. The SMILES string of the molecule is FC(F)(F)Oc1ccc(Oc2ccnc3ccccc23)cc1. The standard InChI is InChI=1S/C16H10F3NO2/c17-16(18,19)22-12-7-5-11(6-8-12)21-15-9-10-20-14-4-2-1-3-13(14)15/h1-10H. The molecule has 1 aromatic heterocycles. The molecular formula is C16H10F3NO2. The van der Waals surface area contributed by atoms with Gasteiger partial charge in [-0.2, -0.15) is 0 Å². The van der Waals surface area contributed by atoms with E-state index in [1.165, 1.54) is 24.3 Å². The average molecular weight is 305 g/mol. The molecule has 0 saturated carbocycles. The number of aromatic nitrogens is 1. The van der Waals surface area contributed by atoms with E-state index in [1.54, 1.807) is 12.3 Å². The van der Waals surface area contributed by atoms with Crippen molar-refractivity contribution in [2.75, 3.05) is 0 Å². The van der Waals surface area contributed by atoms with Crippen LogP contribution in [0.3, 0.4) is 0 Å². The zero-order chi connectivity index (χ0) is 15.6. The molecule has 112 valence electrons. The van der Waals surface area contributed by atoms with E-state index in [9.17, 15) is 13.2 Å². The van der Waals surface area contributed by atoms with Crippen LogP contribution in [0, 0.1) is 0 Å². The molecule has 0 bridgehead atoms. The summed E-state index contributed by atoms with van der Waals surface area (Å²) in [6, 6.07) is 14.4. The Hall–Kier alpha value is -2.76. The Morgan fingerprint density at radius 2 is 1.50 bits per heavy atom. The first-order valence-corrected chi connectivity index (χ1v) is 6.39. The molecule has 2 aromatic carbocycles. The summed E-state index contributed by atoms with van der Waals surface area (Å²) >= 11 is 0. The Balaban J connectivity index is 1.83. The molecule has 0 amide bonds. The first kappa shape index (κ1) is 14.2. The van der Waals surface area contributed by atoms with Crippen molar-refractivity contribution < 1.29 is 22.6 Å². The van der Waals surface area contributed by atoms with Crippen LogP contribution in [-0.4, -0.2) is 11.3 Å². The van der Waals surface area contributed by atoms with Crippen molar-refractivity contribution in [3.05, 3.63) is 60.8 Å². The van der Waals surface area contributed by atoms with Gasteiger partial charge in [-0.1, -0.05) is 12.1 Å². The van der Waals surface area contributed by atoms with Gasteiger partial charge < -0.3 is 9.47 Å². The zero-order valence-corrected chi connectivity index (χ0v) is 11.2. The summed E-state index contributed by atoms with van der Waals surface area (Å²) in [5.41, 5.74) is 0.775. The zero-order valence-electron chi connectivity index (χ0n) is 11.2. The maximum Gasteiger partial charge on any atom is 0.573 e. The summed E-state index contributed by atoms with van der Waals surface area (Å²) in [6.45, 7) is 0. The van der Waals surface area contributed by atoms with Gasteiger partial charge in [0, 0.05) is 11.6 Å². The summed E-state index contributed by atoms with van der Waals surface area (Å²) in [5, 5.41) is 0.820. The van der Waals surface area contributed by atoms with E-state index >= 15 is 0 Å². The Morgan fingerprint density at radius 3 is 2.23 bits per heavy atom. The predicted molar refractivity (Wildman–Crippen MR) is 74.9 cm³/mol. The van der Waals surface area contributed by atoms with Gasteiger partial charge in [-0.25, -0.2) is 0 Å². The molecule has 0 aliphatic rings. The van der Waals surface area contributed by atoms with E-state index in [-0.39, 0.29) is 5.75 Å². The number of hydrogen-bond acceptors (Lipinski definition) is 3. The van der Waals surface area contributed by atoms with E-state index in [0.717, 1.165) is 10.9 Å². The molecule has 3 rings (SSSR count). The van der Waals surface area contributed by atoms with Gasteiger partial charge in [0.05, 0.1) is 5.52 Å². The summed E-state index contributed by atoms with van der Waals surface area (Å²) in [5.74, 6) is 0.695. The first-order valence-electron chi connectivity index (χ1n) is 6.39. The monoisotopic (exact) mass is 305 g/mol. The van der Waals surface area contributed by atoms with Crippen molar-refractivity contribution in [2.24, 2.45) is 0 Å². The number of alkyl halides is 3. The number of nitrogens with zero attached hydrogens (tertiary/aromatic N) is 1. The van der Waals surface area contributed by atoms with Crippen molar-refractivity contribution >= 4 is 10.9 Å². The van der Waals surface area contributed by atoms with Gasteiger partial charge >= 0.3 is 6.36 Å². The van der Waals surface area contributed by atoms with Crippen LogP contribution in [0.1, 0.15) is 0 Å². The van der Waals surface area contributed by atoms with E-state index < -0.39 is 6.36 Å². The van der Waals surface area contributed by atoms with Gasteiger partial charge in [0.15, 0.2) is 0 Å². The van der Waals surface area contributed by atoms with Gasteiger partial charge in [0.2, 0.25) is 0 Å². The number of para-hydroxylation sites is 1. The number of hydrogen-bond donors (Lipinski definition) is 0. The van der Waals surface area contributed by atoms with Crippen molar-refractivity contribution in [1.29, 1.82) is 0 Å². The number of halogens is 3. The minimum Gasteiger partial charge on any atom is -0.457 e. The number of ether oxygens (including phenoxy) is 2. The van der Waals surface area contributed by atoms with E-state index in [2.05, 4.69) is 9.72 Å². The molecule has 0 aliphatic heterocycles. The van der Waals surface area contributed by atoms with Crippen LogP contribution in [0.25, 0.3) is 10.9 Å². The summed E-state index contributed by atoms with van der Waals surface area (Å²) in [4.78, 5) is 4.21. The highest BCUT2D eigenvalue weighted by Gasteiger charge is 2.30. The molecule has 0 fully saturated rings. The molecular weight excluding hydrogens is 295 g/mol. The molecule has 6 heteroatoms. The second-order valence-corrected chi connectivity index (χ2v) is 4.45. The van der Waals surface area contributed by atoms with Crippen LogP contribution in [0.4, 0.5) is 13.2 Å². The minimum absolute atomic E-state index is 0.292. The maximum atomic E-state index is 12.1. The summed E-state index contributed by atoms with van der Waals surface area (Å²) < 4.78 is 45.8. The van der Waals surface area contributed by atoms with Crippen LogP contribution in [-0.2, 0) is 0 Å². The quantitative estimate of drug-likeness (QED) is 0.688. The average Bonchev–Trinajstić information content (AvgIpc) is 2.48. The van der Waals surface area contributed by atoms with Gasteiger partial charge in [0.25, 0.3) is 0 Å². The molecule has 22 heavy (non-hydrogen) atoms. The van der Waals surface area contributed by atoms with Gasteiger partial charge in [0.1, 0.15) is 17.2 Å². The molecule has 3 aromatic rings. The number of pyridine rings is 1. The first-order chi connectivity index (χ1) is 10.5. The molecule has 1 heterocycles. The highest BCUT2D eigenvalue weighted by Crippen LogP contribution is 2.30. The fourth-order valence-electron chi connectivity index (χ4n) is 1.99. The van der Waals surface area contributed by atoms with E-state index in [4.69, 9.17) is 4.74 Å². The van der Waals surface area contributed by atoms with Crippen molar-refractivity contribution in [1.82, 2.24) is 4.98 Å². The minimum atomic E-state index is -4.70. The topological polar surface area (TPSA) is 31.4 Å². The van der Waals surface area contributed by atoms with Crippen molar-refractivity contribution in [2.45, 2.75) is 6.36 Å². The number of fused-ring (bicyclic) bond motifs is 1. The molecule has 0 unspecified atom stereocenters. The van der Waals surface area contributed by atoms with Gasteiger partial charge in [-0.15, -0.1) is 13.2 Å². The Kier molecular flexibility index (Phi) is 3.58. The van der Waals surface area contributed by atoms with Crippen LogP contribution in [0.15, 0.2) is 60.8 Å². The molecule has 0 N–H and O–H groups in total. The Labute approximate surface area is 123 Å². The van der Waals surface area contributed by atoms with Crippen LogP contribution < -0.4 is 9.47 Å². The number of rotatable bonds is 3. The molecule has 0 aliphatic carbocycles. The fourth-order valence-corrected chi connectivity index (χ4v) is 1.99. The lowest BCUT2D eigenvalue weighted by Gasteiger charge is -2.11. The fraction of sp³-hybridized carbons (Fsp3) is 0.0625. The second kappa shape index (κ2) is 5.55. The lowest BCUT2D eigenvalue weighted by Crippen LogP contribution is -2.16. The van der Waals surface area contributed by atoms with E-state index in [1.807, 2.05) is 24.3 Å². The van der Waals surface area contributed by atoms with Crippen LogP contribution in [0.2, 0.25) is 0 Å². The highest BCUT2D eigenvalue weighted by atomic mass is 19.4. The van der Waals surface area contributed by atoms with Gasteiger partial charge in [-0.05, 0) is 42.5 Å².